The quantitative estimate of drug-likeness (QED) is 0.552. The third-order valence-electron chi connectivity index (χ3n) is 2.07. The molecule has 6 heteroatoms. The Balaban J connectivity index is 0.000000873. The van der Waals surface area contributed by atoms with Gasteiger partial charge in [0.1, 0.15) is 5.60 Å². The number of hydrazine groups is 1. The van der Waals surface area contributed by atoms with Crippen LogP contribution in [0.1, 0.15) is 40.5 Å². The summed E-state index contributed by atoms with van der Waals surface area (Å²) in [5.74, 6) is 0. The second-order valence-electron chi connectivity index (χ2n) is 5.13. The van der Waals surface area contributed by atoms with E-state index in [1.54, 1.807) is 6.92 Å². The molecule has 1 fully saturated rings. The number of hydrogen-bond donors (Lipinski definition) is 4. The molecule has 1 aliphatic heterocycles. The lowest BCUT2D eigenvalue weighted by molar-refractivity contribution is 0.0484. The SMILES string of the molecule is CC(C)(C)OC(=O)NNC1CCCNC1.CCO. The second kappa shape index (κ2) is 9.13. The lowest BCUT2D eigenvalue weighted by atomic mass is 10.1. The van der Waals surface area contributed by atoms with Crippen LogP contribution >= 0.6 is 0 Å². The summed E-state index contributed by atoms with van der Waals surface area (Å²) in [4.78, 5) is 11.3. The van der Waals surface area contributed by atoms with E-state index in [4.69, 9.17) is 9.84 Å². The van der Waals surface area contributed by atoms with Gasteiger partial charge >= 0.3 is 6.09 Å². The molecule has 0 aromatic carbocycles. The molecule has 0 aliphatic carbocycles. The molecule has 0 bridgehead atoms. The Morgan fingerprint density at radius 2 is 2.11 bits per heavy atom. The van der Waals surface area contributed by atoms with E-state index >= 15 is 0 Å². The molecule has 0 spiro atoms. The predicted molar refractivity (Wildman–Crippen MR) is 71.2 cm³/mol. The molecule has 1 rings (SSSR count). The average molecular weight is 261 g/mol. The minimum atomic E-state index is -0.448. The van der Waals surface area contributed by atoms with Crippen LogP contribution in [-0.4, -0.2) is 42.5 Å². The zero-order chi connectivity index (χ0) is 14.0. The first kappa shape index (κ1) is 17.2. The van der Waals surface area contributed by atoms with Gasteiger partial charge < -0.3 is 15.2 Å². The van der Waals surface area contributed by atoms with Gasteiger partial charge in [0.25, 0.3) is 0 Å². The molecule has 6 nitrogen and oxygen atoms in total. The smallest absolute Gasteiger partial charge is 0.422 e. The molecule has 1 amide bonds. The highest BCUT2D eigenvalue weighted by Crippen LogP contribution is 2.06. The van der Waals surface area contributed by atoms with Gasteiger partial charge in [-0.2, -0.15) is 0 Å². The molecule has 0 aromatic rings. The van der Waals surface area contributed by atoms with Crippen molar-refractivity contribution < 1.29 is 14.6 Å². The summed E-state index contributed by atoms with van der Waals surface area (Å²) in [6.07, 6.45) is 1.78. The van der Waals surface area contributed by atoms with E-state index in [9.17, 15) is 4.79 Å². The third-order valence-corrected chi connectivity index (χ3v) is 2.07. The van der Waals surface area contributed by atoms with Gasteiger partial charge in [-0.25, -0.2) is 10.2 Å². The number of nitrogens with one attached hydrogen (secondary N) is 3. The lowest BCUT2D eigenvalue weighted by Gasteiger charge is -2.25. The summed E-state index contributed by atoms with van der Waals surface area (Å²) < 4.78 is 5.10. The zero-order valence-corrected chi connectivity index (χ0v) is 11.9. The Kier molecular flexibility index (Phi) is 8.70. The van der Waals surface area contributed by atoms with Crippen molar-refractivity contribution in [1.82, 2.24) is 16.2 Å². The maximum absolute atomic E-state index is 11.3. The van der Waals surface area contributed by atoms with Gasteiger partial charge in [0.15, 0.2) is 0 Å². The minimum absolute atomic E-state index is 0.250. The van der Waals surface area contributed by atoms with Gasteiger partial charge in [0.2, 0.25) is 0 Å². The number of aliphatic hydroxyl groups excluding tert-OH is 1. The fourth-order valence-corrected chi connectivity index (χ4v) is 1.44. The van der Waals surface area contributed by atoms with Crippen molar-refractivity contribution in [2.24, 2.45) is 0 Å². The Labute approximate surface area is 109 Å². The molecule has 0 saturated carbocycles. The summed E-state index contributed by atoms with van der Waals surface area (Å²) in [5.41, 5.74) is 5.07. The van der Waals surface area contributed by atoms with Crippen LogP contribution in [0.15, 0.2) is 0 Å². The maximum Gasteiger partial charge on any atom is 0.422 e. The van der Waals surface area contributed by atoms with Crippen molar-refractivity contribution in [3.63, 3.8) is 0 Å². The first-order valence-electron chi connectivity index (χ1n) is 6.45. The molecule has 18 heavy (non-hydrogen) atoms. The van der Waals surface area contributed by atoms with E-state index in [-0.39, 0.29) is 6.61 Å². The molecule has 1 aliphatic rings. The number of hydrogen-bond acceptors (Lipinski definition) is 5. The molecular formula is C12H27N3O3. The van der Waals surface area contributed by atoms with Crippen LogP contribution in [0, 0.1) is 0 Å². The zero-order valence-electron chi connectivity index (χ0n) is 11.9. The number of amides is 1. The first-order valence-corrected chi connectivity index (χ1v) is 6.45. The monoisotopic (exact) mass is 261 g/mol. The van der Waals surface area contributed by atoms with Crippen molar-refractivity contribution in [3.8, 4) is 0 Å². The number of ether oxygens (including phenoxy) is 1. The molecule has 4 N–H and O–H groups in total. The van der Waals surface area contributed by atoms with Crippen LogP contribution < -0.4 is 16.2 Å². The van der Waals surface area contributed by atoms with E-state index in [0.29, 0.717) is 6.04 Å². The fourth-order valence-electron chi connectivity index (χ4n) is 1.44. The molecule has 108 valence electrons. The van der Waals surface area contributed by atoms with E-state index < -0.39 is 11.7 Å². The van der Waals surface area contributed by atoms with E-state index in [1.165, 1.54) is 0 Å². The van der Waals surface area contributed by atoms with E-state index in [2.05, 4.69) is 16.2 Å². The molecule has 1 atom stereocenters. The molecule has 1 heterocycles. The number of piperidine rings is 1. The first-order chi connectivity index (χ1) is 8.39. The molecule has 1 unspecified atom stereocenters. The van der Waals surface area contributed by atoms with Gasteiger partial charge in [0, 0.05) is 19.2 Å². The Hall–Kier alpha value is -0.850. The Morgan fingerprint density at radius 3 is 2.56 bits per heavy atom. The van der Waals surface area contributed by atoms with Crippen LogP contribution in [0.5, 0.6) is 0 Å². The Morgan fingerprint density at radius 1 is 1.50 bits per heavy atom. The van der Waals surface area contributed by atoms with Gasteiger partial charge in [-0.1, -0.05) is 0 Å². The summed E-state index contributed by atoms with van der Waals surface area (Å²) in [6, 6.07) is 0.297. The third kappa shape index (κ3) is 10.3. The van der Waals surface area contributed by atoms with E-state index in [1.807, 2.05) is 20.8 Å². The minimum Gasteiger partial charge on any atom is -0.443 e. The van der Waals surface area contributed by atoms with Crippen molar-refractivity contribution in [3.05, 3.63) is 0 Å². The average Bonchev–Trinajstić information content (AvgIpc) is 2.27. The summed E-state index contributed by atoms with van der Waals surface area (Å²) in [7, 11) is 0. The highest BCUT2D eigenvalue weighted by molar-refractivity contribution is 5.67. The number of carbonyl (C=O) groups is 1. The van der Waals surface area contributed by atoms with Crippen LogP contribution in [-0.2, 0) is 4.74 Å². The predicted octanol–water partition coefficient (Wildman–Crippen LogP) is 0.766. The number of carbonyl (C=O) groups excluding carboxylic acids is 1. The van der Waals surface area contributed by atoms with Crippen molar-refractivity contribution in [1.29, 1.82) is 0 Å². The van der Waals surface area contributed by atoms with E-state index in [0.717, 1.165) is 25.9 Å². The summed E-state index contributed by atoms with van der Waals surface area (Å²) >= 11 is 0. The molecular weight excluding hydrogens is 234 g/mol. The standard InChI is InChI=1S/C10H21N3O2.C2H6O/c1-10(2,3)15-9(14)13-12-8-5-4-6-11-7-8;1-2-3/h8,11-12H,4-7H2,1-3H3,(H,13,14);3H,2H2,1H3. The highest BCUT2D eigenvalue weighted by atomic mass is 16.6. The van der Waals surface area contributed by atoms with Gasteiger partial charge in [-0.3, -0.25) is 5.43 Å². The second-order valence-corrected chi connectivity index (χ2v) is 5.13. The molecule has 0 aromatic heterocycles. The summed E-state index contributed by atoms with van der Waals surface area (Å²) in [6.45, 7) is 9.40. The largest absolute Gasteiger partial charge is 0.443 e. The number of rotatable bonds is 2. The lowest BCUT2D eigenvalue weighted by Crippen LogP contribution is -2.51. The van der Waals surface area contributed by atoms with Gasteiger partial charge in [-0.15, -0.1) is 0 Å². The van der Waals surface area contributed by atoms with Crippen LogP contribution in [0.4, 0.5) is 4.79 Å². The van der Waals surface area contributed by atoms with Crippen LogP contribution in [0.2, 0.25) is 0 Å². The number of aliphatic hydroxyl groups is 1. The highest BCUT2D eigenvalue weighted by Gasteiger charge is 2.17. The van der Waals surface area contributed by atoms with Crippen molar-refractivity contribution in [2.75, 3.05) is 19.7 Å². The maximum atomic E-state index is 11.3. The normalized spacial score (nSPS) is 19.5. The van der Waals surface area contributed by atoms with Gasteiger partial charge in [0.05, 0.1) is 0 Å². The molecule has 1 saturated heterocycles. The van der Waals surface area contributed by atoms with Crippen LogP contribution in [0.3, 0.4) is 0 Å². The topological polar surface area (TPSA) is 82.6 Å². The van der Waals surface area contributed by atoms with Crippen molar-refractivity contribution in [2.45, 2.75) is 52.2 Å². The molecule has 0 radical (unpaired) electrons. The summed E-state index contributed by atoms with van der Waals surface area (Å²) in [5, 5.41) is 10.8. The van der Waals surface area contributed by atoms with Crippen LogP contribution in [0.25, 0.3) is 0 Å². The fraction of sp³-hybridized carbons (Fsp3) is 0.917. The Bertz CT molecular complexity index is 223. The van der Waals surface area contributed by atoms with Gasteiger partial charge in [-0.05, 0) is 47.1 Å². The van der Waals surface area contributed by atoms with Crippen molar-refractivity contribution >= 4 is 6.09 Å².